The Morgan fingerprint density at radius 3 is 1.59 bits per heavy atom. The van der Waals surface area contributed by atoms with Crippen LogP contribution in [0.2, 0.25) is 32.2 Å². The topological polar surface area (TPSA) is 38.7 Å². The van der Waals surface area contributed by atoms with E-state index in [1.807, 2.05) is 44.5 Å². The van der Waals surface area contributed by atoms with Crippen LogP contribution in [-0.4, -0.2) is 30.2 Å². The first-order valence-corrected chi connectivity index (χ1v) is 13.9. The summed E-state index contributed by atoms with van der Waals surface area (Å²) in [5.41, 5.74) is 3.65. The standard InChI is InChI=1S/C11H26O3Si3/c1-8-11-17(12,13-15(4,5)9-2)14-16(6,7)10-3/h9-10,12H,2-3,8,11H2,1,4-7H3. The molecule has 0 heterocycles. The zero-order valence-corrected chi connectivity index (χ0v) is 14.7. The molecule has 17 heavy (non-hydrogen) atoms. The van der Waals surface area contributed by atoms with Crippen molar-refractivity contribution in [2.75, 3.05) is 0 Å². The molecule has 0 aromatic heterocycles. The molecule has 0 aromatic carbocycles. The monoisotopic (exact) mass is 290 g/mol. The summed E-state index contributed by atoms with van der Waals surface area (Å²) >= 11 is 0. The normalized spacial score (nSPS) is 13.5. The van der Waals surface area contributed by atoms with Gasteiger partial charge in [0.1, 0.15) is 0 Å². The molecular formula is C11H26O3Si3. The Hall–Kier alpha value is 0.0106. The van der Waals surface area contributed by atoms with Crippen molar-refractivity contribution in [3.05, 3.63) is 24.6 Å². The van der Waals surface area contributed by atoms with Gasteiger partial charge >= 0.3 is 8.80 Å². The van der Waals surface area contributed by atoms with Gasteiger partial charge in [0.05, 0.1) is 0 Å². The number of hydrogen-bond donors (Lipinski definition) is 1. The maximum atomic E-state index is 10.6. The molecule has 0 aliphatic rings. The van der Waals surface area contributed by atoms with E-state index in [9.17, 15) is 4.80 Å². The summed E-state index contributed by atoms with van der Waals surface area (Å²) in [5.74, 6) is 0. The Morgan fingerprint density at radius 2 is 1.35 bits per heavy atom. The first-order chi connectivity index (χ1) is 7.60. The number of rotatable bonds is 8. The van der Waals surface area contributed by atoms with Crippen molar-refractivity contribution in [1.29, 1.82) is 0 Å². The summed E-state index contributed by atoms with van der Waals surface area (Å²) in [5, 5.41) is 0. The van der Waals surface area contributed by atoms with E-state index >= 15 is 0 Å². The molecule has 3 nitrogen and oxygen atoms in total. The van der Waals surface area contributed by atoms with Crippen LogP contribution in [0.1, 0.15) is 13.3 Å². The molecule has 1 N–H and O–H groups in total. The third-order valence-corrected chi connectivity index (χ3v) is 12.3. The molecule has 0 bridgehead atoms. The van der Waals surface area contributed by atoms with Gasteiger partial charge in [0.25, 0.3) is 0 Å². The third kappa shape index (κ3) is 6.49. The van der Waals surface area contributed by atoms with E-state index in [2.05, 4.69) is 13.2 Å². The van der Waals surface area contributed by atoms with Gasteiger partial charge in [-0.1, -0.05) is 24.7 Å². The minimum atomic E-state index is -3.08. The van der Waals surface area contributed by atoms with Gasteiger partial charge in [-0.05, 0) is 26.2 Å². The molecule has 6 heteroatoms. The maximum absolute atomic E-state index is 10.6. The van der Waals surface area contributed by atoms with Crippen molar-refractivity contribution in [2.24, 2.45) is 0 Å². The summed E-state index contributed by atoms with van der Waals surface area (Å²) in [4.78, 5) is 10.6. The lowest BCUT2D eigenvalue weighted by Gasteiger charge is -2.36. The predicted octanol–water partition coefficient (Wildman–Crippen LogP) is 3.22. The van der Waals surface area contributed by atoms with Crippen LogP contribution < -0.4 is 0 Å². The second-order valence-electron chi connectivity index (χ2n) is 5.28. The molecule has 0 spiro atoms. The Balaban J connectivity index is 4.90. The van der Waals surface area contributed by atoms with Crippen LogP contribution in [-0.2, 0) is 8.23 Å². The summed E-state index contributed by atoms with van der Waals surface area (Å²) in [6.07, 6.45) is 0.853. The average molecular weight is 291 g/mol. The van der Waals surface area contributed by atoms with Crippen LogP contribution in [0.15, 0.2) is 24.6 Å². The fraction of sp³-hybridized carbons (Fsp3) is 0.636. The van der Waals surface area contributed by atoms with E-state index in [0.29, 0.717) is 6.04 Å². The first-order valence-electron chi connectivity index (χ1n) is 5.99. The van der Waals surface area contributed by atoms with Gasteiger partial charge in [0, 0.05) is 6.04 Å². The van der Waals surface area contributed by atoms with E-state index in [1.165, 1.54) is 0 Å². The molecule has 0 aliphatic carbocycles. The van der Waals surface area contributed by atoms with Gasteiger partial charge in [0.2, 0.25) is 16.6 Å². The molecule has 0 unspecified atom stereocenters. The van der Waals surface area contributed by atoms with Gasteiger partial charge in [-0.15, -0.1) is 13.2 Å². The van der Waals surface area contributed by atoms with Crippen molar-refractivity contribution in [3.63, 3.8) is 0 Å². The number of hydrogen-bond acceptors (Lipinski definition) is 3. The highest BCUT2D eigenvalue weighted by Gasteiger charge is 2.44. The van der Waals surface area contributed by atoms with Crippen LogP contribution in [0.25, 0.3) is 0 Å². The predicted molar refractivity (Wildman–Crippen MR) is 80.6 cm³/mol. The molecule has 0 aromatic rings. The Morgan fingerprint density at radius 1 is 1.00 bits per heavy atom. The fourth-order valence-electron chi connectivity index (χ4n) is 1.34. The van der Waals surface area contributed by atoms with Gasteiger partial charge in [0.15, 0.2) is 0 Å². The molecule has 0 amide bonds. The summed E-state index contributed by atoms with van der Waals surface area (Å²) in [6, 6.07) is 0.599. The smallest absolute Gasteiger partial charge is 0.412 e. The van der Waals surface area contributed by atoms with Crippen LogP contribution >= 0.6 is 0 Å². The first kappa shape index (κ1) is 17.0. The van der Waals surface area contributed by atoms with E-state index in [0.717, 1.165) is 6.42 Å². The summed E-state index contributed by atoms with van der Waals surface area (Å²) in [6.45, 7) is 17.6. The Kier molecular flexibility index (Phi) is 6.26. The molecule has 0 saturated heterocycles. The van der Waals surface area contributed by atoms with Gasteiger partial charge in [-0.2, -0.15) is 0 Å². The van der Waals surface area contributed by atoms with Gasteiger partial charge < -0.3 is 13.0 Å². The molecule has 0 aliphatic heterocycles. The van der Waals surface area contributed by atoms with Crippen molar-refractivity contribution in [1.82, 2.24) is 0 Å². The molecular weight excluding hydrogens is 264 g/mol. The van der Waals surface area contributed by atoms with E-state index in [1.54, 1.807) is 0 Å². The molecule has 0 radical (unpaired) electrons. The van der Waals surface area contributed by atoms with Crippen LogP contribution in [0.5, 0.6) is 0 Å². The van der Waals surface area contributed by atoms with Crippen molar-refractivity contribution in [3.8, 4) is 0 Å². The molecule has 100 valence electrons. The zero-order chi connectivity index (χ0) is 13.7. The quantitative estimate of drug-likeness (QED) is 0.698. The van der Waals surface area contributed by atoms with Crippen LogP contribution in [0, 0.1) is 0 Å². The van der Waals surface area contributed by atoms with Gasteiger partial charge in [-0.3, -0.25) is 0 Å². The average Bonchev–Trinajstić information content (AvgIpc) is 2.16. The molecule has 0 atom stereocenters. The van der Waals surface area contributed by atoms with Crippen molar-refractivity contribution in [2.45, 2.75) is 45.6 Å². The highest BCUT2D eigenvalue weighted by atomic mass is 28.5. The molecule has 0 fully saturated rings. The summed E-state index contributed by atoms with van der Waals surface area (Å²) in [7, 11) is -7.13. The van der Waals surface area contributed by atoms with Gasteiger partial charge in [-0.25, -0.2) is 0 Å². The minimum Gasteiger partial charge on any atom is -0.412 e. The van der Waals surface area contributed by atoms with Crippen LogP contribution in [0.4, 0.5) is 0 Å². The van der Waals surface area contributed by atoms with Crippen molar-refractivity contribution >= 4 is 25.4 Å². The van der Waals surface area contributed by atoms with Crippen molar-refractivity contribution < 1.29 is 13.0 Å². The SMILES string of the molecule is C=C[Si](C)(C)O[Si](O)(CCC)O[Si](C)(C)C=C. The minimum absolute atomic E-state index is 0.599. The Labute approximate surface area is 109 Å². The lowest BCUT2D eigenvalue weighted by molar-refractivity contribution is 0.246. The molecule has 0 rings (SSSR count). The molecule has 0 saturated carbocycles. The fourth-order valence-corrected chi connectivity index (χ4v) is 10.6. The highest BCUT2D eigenvalue weighted by molar-refractivity contribution is 6.89. The Bertz CT molecular complexity index is 255. The van der Waals surface area contributed by atoms with E-state index in [4.69, 9.17) is 8.23 Å². The van der Waals surface area contributed by atoms with E-state index in [-0.39, 0.29) is 0 Å². The second kappa shape index (κ2) is 6.26. The van der Waals surface area contributed by atoms with Crippen LogP contribution in [0.3, 0.4) is 0 Å². The maximum Gasteiger partial charge on any atom is 0.477 e. The zero-order valence-electron chi connectivity index (χ0n) is 11.7. The third-order valence-electron chi connectivity index (χ3n) is 2.39. The highest BCUT2D eigenvalue weighted by Crippen LogP contribution is 2.23. The second-order valence-corrected chi connectivity index (χ2v) is 16.1. The summed E-state index contributed by atoms with van der Waals surface area (Å²) < 4.78 is 11.9. The van der Waals surface area contributed by atoms with E-state index < -0.39 is 25.4 Å². The largest absolute Gasteiger partial charge is 0.477 e. The lowest BCUT2D eigenvalue weighted by Crippen LogP contribution is -2.55. The lowest BCUT2D eigenvalue weighted by atomic mass is 10.6.